The van der Waals surface area contributed by atoms with Crippen molar-refractivity contribution >= 4 is 11.9 Å². The molecule has 1 amide bonds. The molecule has 0 aliphatic rings. The third kappa shape index (κ3) is 3.90. The van der Waals surface area contributed by atoms with E-state index in [1.54, 1.807) is 6.92 Å². The topological polar surface area (TPSA) is 84.2 Å². The predicted octanol–water partition coefficient (Wildman–Crippen LogP) is 0.804. The summed E-state index contributed by atoms with van der Waals surface area (Å²) in [5.41, 5.74) is 0.635. The molecule has 0 fully saturated rings. The Hall–Kier alpha value is -1.85. The van der Waals surface area contributed by atoms with E-state index in [-0.39, 0.29) is 17.5 Å². The molecule has 0 bridgehead atoms. The van der Waals surface area contributed by atoms with E-state index in [1.165, 1.54) is 10.9 Å². The predicted molar refractivity (Wildman–Crippen MR) is 61.8 cm³/mol. The summed E-state index contributed by atoms with van der Waals surface area (Å²) in [6, 6.07) is 0.108. The van der Waals surface area contributed by atoms with Gasteiger partial charge in [0, 0.05) is 25.2 Å². The molecule has 94 valence electrons. The van der Waals surface area contributed by atoms with Gasteiger partial charge in [-0.3, -0.25) is 9.48 Å². The zero-order valence-corrected chi connectivity index (χ0v) is 10.2. The molecule has 1 aromatic rings. The SMILES string of the molecule is Cc1nn(CCC(=O)NC(C)C)cc1C(=O)O. The van der Waals surface area contributed by atoms with Gasteiger partial charge in [0.15, 0.2) is 0 Å². The van der Waals surface area contributed by atoms with Gasteiger partial charge in [0.1, 0.15) is 5.56 Å². The van der Waals surface area contributed by atoms with Crippen LogP contribution in [0.2, 0.25) is 0 Å². The van der Waals surface area contributed by atoms with Gasteiger partial charge in [-0.2, -0.15) is 5.10 Å². The Balaban J connectivity index is 2.55. The number of rotatable bonds is 5. The van der Waals surface area contributed by atoms with E-state index in [0.717, 1.165) is 0 Å². The highest BCUT2D eigenvalue weighted by molar-refractivity contribution is 5.88. The van der Waals surface area contributed by atoms with Gasteiger partial charge in [-0.1, -0.05) is 0 Å². The summed E-state index contributed by atoms with van der Waals surface area (Å²) >= 11 is 0. The van der Waals surface area contributed by atoms with Crippen molar-refractivity contribution in [3.63, 3.8) is 0 Å². The highest BCUT2D eigenvalue weighted by atomic mass is 16.4. The van der Waals surface area contributed by atoms with Gasteiger partial charge in [-0.25, -0.2) is 4.79 Å². The molecule has 0 unspecified atom stereocenters. The Morgan fingerprint density at radius 2 is 2.18 bits per heavy atom. The van der Waals surface area contributed by atoms with Gasteiger partial charge in [-0.15, -0.1) is 0 Å². The van der Waals surface area contributed by atoms with E-state index >= 15 is 0 Å². The molecule has 1 rings (SSSR count). The third-order valence-electron chi connectivity index (χ3n) is 2.19. The van der Waals surface area contributed by atoms with E-state index in [2.05, 4.69) is 10.4 Å². The fourth-order valence-electron chi connectivity index (χ4n) is 1.45. The molecule has 17 heavy (non-hydrogen) atoms. The fraction of sp³-hybridized carbons (Fsp3) is 0.545. The zero-order chi connectivity index (χ0) is 13.0. The number of hydrogen-bond donors (Lipinski definition) is 2. The van der Waals surface area contributed by atoms with Gasteiger partial charge in [0.05, 0.1) is 5.69 Å². The van der Waals surface area contributed by atoms with Crippen LogP contribution in [-0.2, 0) is 11.3 Å². The van der Waals surface area contributed by atoms with Crippen molar-refractivity contribution in [2.75, 3.05) is 0 Å². The third-order valence-corrected chi connectivity index (χ3v) is 2.19. The minimum absolute atomic E-state index is 0.0648. The van der Waals surface area contributed by atoms with Crippen LogP contribution in [-0.4, -0.2) is 32.8 Å². The number of carbonyl (C=O) groups excluding carboxylic acids is 1. The lowest BCUT2D eigenvalue weighted by atomic mass is 10.3. The van der Waals surface area contributed by atoms with E-state index in [9.17, 15) is 9.59 Å². The number of nitrogens with zero attached hydrogens (tertiary/aromatic N) is 2. The molecule has 0 radical (unpaired) electrons. The maximum Gasteiger partial charge on any atom is 0.339 e. The van der Waals surface area contributed by atoms with Crippen molar-refractivity contribution in [2.45, 2.75) is 39.8 Å². The van der Waals surface area contributed by atoms with Crippen LogP contribution in [0.5, 0.6) is 0 Å². The summed E-state index contributed by atoms with van der Waals surface area (Å²) in [7, 11) is 0. The number of aromatic nitrogens is 2. The average molecular weight is 239 g/mol. The Morgan fingerprint density at radius 3 is 2.65 bits per heavy atom. The van der Waals surface area contributed by atoms with Gasteiger partial charge in [-0.05, 0) is 20.8 Å². The first-order chi connectivity index (χ1) is 7.90. The van der Waals surface area contributed by atoms with Crippen LogP contribution < -0.4 is 5.32 Å². The van der Waals surface area contributed by atoms with Crippen molar-refractivity contribution in [3.8, 4) is 0 Å². The summed E-state index contributed by atoms with van der Waals surface area (Å²) in [4.78, 5) is 22.2. The summed E-state index contributed by atoms with van der Waals surface area (Å²) in [6.45, 7) is 5.79. The van der Waals surface area contributed by atoms with Gasteiger partial charge < -0.3 is 10.4 Å². The second-order valence-corrected chi connectivity index (χ2v) is 4.17. The Bertz CT molecular complexity index is 424. The first-order valence-corrected chi connectivity index (χ1v) is 5.47. The number of carboxylic acid groups (broad SMARTS) is 1. The molecule has 0 spiro atoms. The molecule has 2 N–H and O–H groups in total. The van der Waals surface area contributed by atoms with Crippen LogP contribution in [0.1, 0.15) is 36.3 Å². The Kier molecular flexibility index (Phi) is 4.25. The number of aromatic carboxylic acids is 1. The Labute approximate surface area is 99.6 Å². The van der Waals surface area contributed by atoms with Crippen LogP contribution >= 0.6 is 0 Å². The molecule has 0 saturated heterocycles. The maximum absolute atomic E-state index is 11.4. The van der Waals surface area contributed by atoms with E-state index < -0.39 is 5.97 Å². The molecule has 6 heteroatoms. The zero-order valence-electron chi connectivity index (χ0n) is 10.2. The van der Waals surface area contributed by atoms with Crippen LogP contribution in [0.3, 0.4) is 0 Å². The lowest BCUT2D eigenvalue weighted by Gasteiger charge is -2.07. The van der Waals surface area contributed by atoms with E-state index in [0.29, 0.717) is 18.7 Å². The minimum atomic E-state index is -1.000. The van der Waals surface area contributed by atoms with Crippen LogP contribution in [0.4, 0.5) is 0 Å². The fourth-order valence-corrected chi connectivity index (χ4v) is 1.45. The standard InChI is InChI=1S/C11H17N3O3/c1-7(2)12-10(15)4-5-14-6-9(11(16)17)8(3)13-14/h6-7H,4-5H2,1-3H3,(H,12,15)(H,16,17). The smallest absolute Gasteiger partial charge is 0.339 e. The van der Waals surface area contributed by atoms with Crippen LogP contribution in [0, 0.1) is 6.92 Å². The van der Waals surface area contributed by atoms with E-state index in [1.807, 2.05) is 13.8 Å². The summed E-state index contributed by atoms with van der Waals surface area (Å²) in [5.74, 6) is -1.06. The van der Waals surface area contributed by atoms with Crippen molar-refractivity contribution in [1.29, 1.82) is 0 Å². The van der Waals surface area contributed by atoms with Crippen molar-refractivity contribution < 1.29 is 14.7 Å². The molecule has 1 aromatic heterocycles. The highest BCUT2D eigenvalue weighted by Crippen LogP contribution is 2.05. The van der Waals surface area contributed by atoms with Crippen molar-refractivity contribution in [3.05, 3.63) is 17.5 Å². The van der Waals surface area contributed by atoms with E-state index in [4.69, 9.17) is 5.11 Å². The van der Waals surface area contributed by atoms with Crippen LogP contribution in [0.25, 0.3) is 0 Å². The molecule has 1 heterocycles. The molecular formula is C11H17N3O3. The maximum atomic E-state index is 11.4. The molecule has 0 aliphatic heterocycles. The first kappa shape index (κ1) is 13.2. The normalized spacial score (nSPS) is 10.6. The minimum Gasteiger partial charge on any atom is -0.478 e. The number of hydrogen-bond acceptors (Lipinski definition) is 3. The number of carbonyl (C=O) groups is 2. The first-order valence-electron chi connectivity index (χ1n) is 5.47. The van der Waals surface area contributed by atoms with Crippen molar-refractivity contribution in [2.24, 2.45) is 0 Å². The van der Waals surface area contributed by atoms with Crippen LogP contribution in [0.15, 0.2) is 6.20 Å². The molecule has 0 aliphatic carbocycles. The Morgan fingerprint density at radius 1 is 1.53 bits per heavy atom. The number of amides is 1. The molecule has 0 atom stereocenters. The summed E-state index contributed by atoms with van der Waals surface area (Å²) < 4.78 is 1.48. The summed E-state index contributed by atoms with van der Waals surface area (Å²) in [5, 5.41) is 15.6. The average Bonchev–Trinajstić information content (AvgIpc) is 2.56. The quantitative estimate of drug-likeness (QED) is 0.796. The lowest BCUT2D eigenvalue weighted by molar-refractivity contribution is -0.121. The molecule has 0 saturated carbocycles. The van der Waals surface area contributed by atoms with Gasteiger partial charge in [0.2, 0.25) is 5.91 Å². The second-order valence-electron chi connectivity index (χ2n) is 4.17. The number of nitrogens with one attached hydrogen (secondary N) is 1. The lowest BCUT2D eigenvalue weighted by Crippen LogP contribution is -2.30. The summed E-state index contributed by atoms with van der Waals surface area (Å²) in [6.07, 6.45) is 1.73. The van der Waals surface area contributed by atoms with Gasteiger partial charge in [0.25, 0.3) is 0 Å². The molecule has 6 nitrogen and oxygen atoms in total. The largest absolute Gasteiger partial charge is 0.478 e. The monoisotopic (exact) mass is 239 g/mol. The highest BCUT2D eigenvalue weighted by Gasteiger charge is 2.12. The number of carboxylic acids is 1. The molecule has 0 aromatic carbocycles. The van der Waals surface area contributed by atoms with Gasteiger partial charge >= 0.3 is 5.97 Å². The number of aryl methyl sites for hydroxylation is 2. The molecular weight excluding hydrogens is 222 g/mol. The second kappa shape index (κ2) is 5.47. The van der Waals surface area contributed by atoms with Crippen molar-refractivity contribution in [1.82, 2.24) is 15.1 Å².